The SMILES string of the molecule is Cc1cc(OCC(O)CN2C(=O)NC(C)(c3ccco3)C2=O)c(C(C)C)cc1Cl. The van der Waals surface area contributed by atoms with Gasteiger partial charge >= 0.3 is 6.03 Å². The molecule has 2 unspecified atom stereocenters. The van der Waals surface area contributed by atoms with E-state index < -0.39 is 23.6 Å². The Morgan fingerprint density at radius 2 is 2.07 bits per heavy atom. The molecule has 1 aromatic carbocycles. The Bertz CT molecular complexity index is 912. The molecular weight excluding hydrogens is 396 g/mol. The predicted octanol–water partition coefficient (Wildman–Crippen LogP) is 3.57. The number of urea groups is 1. The van der Waals surface area contributed by atoms with Crippen LogP contribution >= 0.6 is 11.6 Å². The first-order chi connectivity index (χ1) is 13.6. The number of benzene rings is 1. The van der Waals surface area contributed by atoms with Crippen molar-refractivity contribution in [1.29, 1.82) is 0 Å². The van der Waals surface area contributed by atoms with E-state index in [1.54, 1.807) is 19.1 Å². The third kappa shape index (κ3) is 4.11. The summed E-state index contributed by atoms with van der Waals surface area (Å²) in [6.07, 6.45) is 0.380. The van der Waals surface area contributed by atoms with Gasteiger partial charge in [-0.05, 0) is 55.2 Å². The molecule has 1 saturated heterocycles. The average Bonchev–Trinajstić information content (AvgIpc) is 3.27. The summed E-state index contributed by atoms with van der Waals surface area (Å²) in [5, 5.41) is 13.7. The highest BCUT2D eigenvalue weighted by Gasteiger charge is 2.51. The number of imide groups is 1. The summed E-state index contributed by atoms with van der Waals surface area (Å²) in [7, 11) is 0. The lowest BCUT2D eigenvalue weighted by molar-refractivity contribution is -0.132. The van der Waals surface area contributed by atoms with Crippen LogP contribution in [0.4, 0.5) is 4.79 Å². The van der Waals surface area contributed by atoms with Crippen molar-refractivity contribution in [3.05, 3.63) is 52.4 Å². The van der Waals surface area contributed by atoms with Crippen LogP contribution in [0.25, 0.3) is 0 Å². The van der Waals surface area contributed by atoms with Crippen molar-refractivity contribution in [2.75, 3.05) is 13.2 Å². The smallest absolute Gasteiger partial charge is 0.325 e. The van der Waals surface area contributed by atoms with E-state index in [9.17, 15) is 14.7 Å². The second kappa shape index (κ2) is 8.08. The highest BCUT2D eigenvalue weighted by Crippen LogP contribution is 2.32. The first kappa shape index (κ1) is 21.2. The molecule has 2 aromatic rings. The number of ether oxygens (including phenoxy) is 1. The van der Waals surface area contributed by atoms with Gasteiger partial charge in [0.1, 0.15) is 24.2 Å². The lowest BCUT2D eigenvalue weighted by atomic mass is 9.99. The lowest BCUT2D eigenvalue weighted by Crippen LogP contribution is -2.42. The number of aliphatic hydroxyl groups excluding tert-OH is 1. The van der Waals surface area contributed by atoms with Gasteiger partial charge in [-0.3, -0.25) is 9.69 Å². The molecule has 8 heteroatoms. The molecule has 156 valence electrons. The number of nitrogens with one attached hydrogen (secondary N) is 1. The monoisotopic (exact) mass is 420 g/mol. The van der Waals surface area contributed by atoms with E-state index in [2.05, 4.69) is 5.32 Å². The van der Waals surface area contributed by atoms with Crippen molar-refractivity contribution < 1.29 is 23.8 Å². The average molecular weight is 421 g/mol. The van der Waals surface area contributed by atoms with E-state index in [0.717, 1.165) is 16.0 Å². The number of aliphatic hydroxyl groups is 1. The number of rotatable bonds is 7. The fourth-order valence-electron chi connectivity index (χ4n) is 3.29. The Morgan fingerprint density at radius 1 is 1.34 bits per heavy atom. The molecule has 29 heavy (non-hydrogen) atoms. The normalized spacial score (nSPS) is 20.3. The first-order valence-electron chi connectivity index (χ1n) is 9.42. The molecule has 1 aliphatic heterocycles. The van der Waals surface area contributed by atoms with Gasteiger partial charge in [0.05, 0.1) is 12.8 Å². The van der Waals surface area contributed by atoms with Crippen molar-refractivity contribution in [3.63, 3.8) is 0 Å². The summed E-state index contributed by atoms with van der Waals surface area (Å²) in [5.74, 6) is 0.655. The van der Waals surface area contributed by atoms with E-state index in [-0.39, 0.29) is 19.1 Å². The zero-order chi connectivity index (χ0) is 21.3. The highest BCUT2D eigenvalue weighted by molar-refractivity contribution is 6.31. The summed E-state index contributed by atoms with van der Waals surface area (Å²) in [6, 6.07) is 6.36. The van der Waals surface area contributed by atoms with Crippen molar-refractivity contribution >= 4 is 23.5 Å². The largest absolute Gasteiger partial charge is 0.491 e. The van der Waals surface area contributed by atoms with Gasteiger partial charge in [-0.25, -0.2) is 4.79 Å². The van der Waals surface area contributed by atoms with Crippen molar-refractivity contribution in [2.24, 2.45) is 0 Å². The molecule has 0 spiro atoms. The number of furan rings is 1. The molecule has 1 aromatic heterocycles. The third-order valence-corrected chi connectivity index (χ3v) is 5.43. The van der Waals surface area contributed by atoms with Crippen LogP contribution in [0.15, 0.2) is 34.9 Å². The van der Waals surface area contributed by atoms with Crippen LogP contribution in [0.1, 0.15) is 43.6 Å². The third-order valence-electron chi connectivity index (χ3n) is 5.03. The first-order valence-corrected chi connectivity index (χ1v) is 9.80. The molecule has 0 bridgehead atoms. The van der Waals surface area contributed by atoms with Crippen LogP contribution < -0.4 is 10.1 Å². The van der Waals surface area contributed by atoms with E-state index >= 15 is 0 Å². The van der Waals surface area contributed by atoms with Crippen molar-refractivity contribution in [2.45, 2.75) is 45.3 Å². The van der Waals surface area contributed by atoms with Gasteiger partial charge in [0.15, 0.2) is 5.54 Å². The van der Waals surface area contributed by atoms with Gasteiger partial charge in [0.25, 0.3) is 5.91 Å². The maximum atomic E-state index is 12.8. The van der Waals surface area contributed by atoms with Crippen LogP contribution in [-0.4, -0.2) is 41.2 Å². The Labute approximate surface area is 174 Å². The van der Waals surface area contributed by atoms with Gasteiger partial charge in [0.2, 0.25) is 0 Å². The van der Waals surface area contributed by atoms with E-state index in [4.69, 9.17) is 20.8 Å². The second-order valence-electron chi connectivity index (χ2n) is 7.71. The minimum absolute atomic E-state index is 0.0741. The van der Waals surface area contributed by atoms with Crippen LogP contribution in [0.3, 0.4) is 0 Å². The summed E-state index contributed by atoms with van der Waals surface area (Å²) >= 11 is 6.21. The van der Waals surface area contributed by atoms with E-state index in [1.807, 2.05) is 32.9 Å². The molecule has 0 saturated carbocycles. The van der Waals surface area contributed by atoms with Gasteiger partial charge in [-0.15, -0.1) is 0 Å². The summed E-state index contributed by atoms with van der Waals surface area (Å²) in [6.45, 7) is 7.22. The van der Waals surface area contributed by atoms with E-state index in [0.29, 0.717) is 16.5 Å². The number of hydrogen-bond acceptors (Lipinski definition) is 5. The molecule has 3 rings (SSSR count). The minimum Gasteiger partial charge on any atom is -0.491 e. The fourth-order valence-corrected chi connectivity index (χ4v) is 3.46. The number of aryl methyl sites for hydroxylation is 1. The molecule has 0 radical (unpaired) electrons. The second-order valence-corrected chi connectivity index (χ2v) is 8.11. The number of halogens is 1. The minimum atomic E-state index is -1.29. The molecule has 1 aliphatic rings. The molecule has 1 fully saturated rings. The number of β-amino-alcohol motifs (C(OH)–C–C–N with tert-alkyl or cyclic N) is 1. The highest BCUT2D eigenvalue weighted by atomic mass is 35.5. The standard InChI is InChI=1S/C21H25ClN2O5/c1-12(2)15-9-16(22)13(3)8-17(15)29-11-14(25)10-24-19(26)21(4,23-20(24)27)18-6-5-7-28-18/h5-9,12,14,25H,10-11H2,1-4H3,(H,23,27). The summed E-state index contributed by atoms with van der Waals surface area (Å²) in [5.41, 5.74) is 0.497. The fraction of sp³-hybridized carbons (Fsp3) is 0.429. The van der Waals surface area contributed by atoms with Crippen molar-refractivity contribution in [1.82, 2.24) is 10.2 Å². The number of amides is 3. The predicted molar refractivity (Wildman–Crippen MR) is 108 cm³/mol. The Kier molecular flexibility index (Phi) is 5.91. The van der Waals surface area contributed by atoms with Crippen LogP contribution in [0.5, 0.6) is 5.75 Å². The summed E-state index contributed by atoms with van der Waals surface area (Å²) < 4.78 is 11.1. The number of carbonyl (C=O) groups is 2. The zero-order valence-electron chi connectivity index (χ0n) is 16.9. The van der Waals surface area contributed by atoms with Crippen LogP contribution in [0.2, 0.25) is 5.02 Å². The molecule has 2 atom stereocenters. The molecule has 0 aliphatic carbocycles. The lowest BCUT2D eigenvalue weighted by Gasteiger charge is -2.22. The molecule has 3 amide bonds. The van der Waals surface area contributed by atoms with Gasteiger partial charge in [0, 0.05) is 5.02 Å². The molecule has 2 N–H and O–H groups in total. The molecule has 7 nitrogen and oxygen atoms in total. The van der Waals surface area contributed by atoms with Crippen LogP contribution in [0, 0.1) is 6.92 Å². The van der Waals surface area contributed by atoms with Crippen molar-refractivity contribution in [3.8, 4) is 5.75 Å². The Balaban J connectivity index is 1.67. The zero-order valence-corrected chi connectivity index (χ0v) is 17.6. The molecular formula is C21H25ClN2O5. The number of nitrogens with zero attached hydrogens (tertiary/aromatic N) is 1. The molecule has 2 heterocycles. The van der Waals surface area contributed by atoms with Gasteiger partial charge < -0.3 is 19.6 Å². The Hall–Kier alpha value is -2.51. The van der Waals surface area contributed by atoms with E-state index in [1.165, 1.54) is 6.26 Å². The Morgan fingerprint density at radius 3 is 2.69 bits per heavy atom. The van der Waals surface area contributed by atoms with Gasteiger partial charge in [-0.1, -0.05) is 25.4 Å². The van der Waals surface area contributed by atoms with Crippen LogP contribution in [-0.2, 0) is 10.3 Å². The maximum absolute atomic E-state index is 12.8. The maximum Gasteiger partial charge on any atom is 0.325 e. The quantitative estimate of drug-likeness (QED) is 0.668. The van der Waals surface area contributed by atoms with Gasteiger partial charge in [-0.2, -0.15) is 0 Å². The number of hydrogen-bond donors (Lipinski definition) is 2. The number of carbonyl (C=O) groups excluding carboxylic acids is 2. The topological polar surface area (TPSA) is 92.0 Å². The summed E-state index contributed by atoms with van der Waals surface area (Å²) in [4.78, 5) is 26.1.